The highest BCUT2D eigenvalue weighted by molar-refractivity contribution is 5.80. The summed E-state index contributed by atoms with van der Waals surface area (Å²) in [4.78, 5) is 28.6. The Kier molecular flexibility index (Phi) is 14.7. The maximum atomic E-state index is 12.6. The summed E-state index contributed by atoms with van der Waals surface area (Å²) in [5, 5.41) is 3.01. The SMILES string of the molecule is CNCCOCCN(C)C(=O)CC1CCCCN1C(=O)COCCOCCOC. The van der Waals surface area contributed by atoms with Crippen LogP contribution in [0.3, 0.4) is 0 Å². The van der Waals surface area contributed by atoms with Gasteiger partial charge in [0.1, 0.15) is 6.61 Å². The lowest BCUT2D eigenvalue weighted by molar-refractivity contribution is -0.142. The van der Waals surface area contributed by atoms with E-state index >= 15 is 0 Å². The van der Waals surface area contributed by atoms with Crippen molar-refractivity contribution in [2.24, 2.45) is 0 Å². The zero-order valence-corrected chi connectivity index (χ0v) is 18.3. The van der Waals surface area contributed by atoms with E-state index < -0.39 is 0 Å². The van der Waals surface area contributed by atoms with Gasteiger partial charge in [-0.2, -0.15) is 0 Å². The monoisotopic (exact) mass is 417 g/mol. The molecule has 170 valence electrons. The van der Waals surface area contributed by atoms with Gasteiger partial charge in [-0.05, 0) is 26.3 Å². The summed E-state index contributed by atoms with van der Waals surface area (Å²) in [6, 6.07) is -0.0574. The van der Waals surface area contributed by atoms with Gasteiger partial charge in [0, 0.05) is 46.3 Å². The number of methoxy groups -OCH3 is 1. The molecule has 0 aromatic carbocycles. The van der Waals surface area contributed by atoms with Crippen LogP contribution in [0.2, 0.25) is 0 Å². The fourth-order valence-corrected chi connectivity index (χ4v) is 3.11. The van der Waals surface area contributed by atoms with E-state index in [0.29, 0.717) is 59.2 Å². The molecule has 0 saturated carbocycles. The normalized spacial score (nSPS) is 16.8. The first-order valence-corrected chi connectivity index (χ1v) is 10.5. The quantitative estimate of drug-likeness (QED) is 0.357. The minimum absolute atomic E-state index is 0.0213. The third kappa shape index (κ3) is 11.5. The number of likely N-dealkylation sites (tertiary alicyclic amines) is 1. The fourth-order valence-electron chi connectivity index (χ4n) is 3.11. The van der Waals surface area contributed by atoms with Crippen LogP contribution in [0.25, 0.3) is 0 Å². The Labute approximate surface area is 175 Å². The topological polar surface area (TPSA) is 89.6 Å². The Morgan fingerprint density at radius 2 is 1.76 bits per heavy atom. The van der Waals surface area contributed by atoms with Gasteiger partial charge in [-0.3, -0.25) is 9.59 Å². The second-order valence-electron chi connectivity index (χ2n) is 7.13. The van der Waals surface area contributed by atoms with Crippen LogP contribution in [0, 0.1) is 0 Å². The van der Waals surface area contributed by atoms with E-state index in [-0.39, 0.29) is 24.5 Å². The zero-order chi connectivity index (χ0) is 21.3. The minimum atomic E-state index is -0.0579. The molecule has 9 nitrogen and oxygen atoms in total. The summed E-state index contributed by atoms with van der Waals surface area (Å²) < 4.78 is 21.1. The van der Waals surface area contributed by atoms with Gasteiger partial charge < -0.3 is 34.1 Å². The summed E-state index contributed by atoms with van der Waals surface area (Å²) in [7, 11) is 5.28. The van der Waals surface area contributed by atoms with Crippen molar-refractivity contribution < 1.29 is 28.5 Å². The van der Waals surface area contributed by atoms with E-state index in [1.807, 2.05) is 11.9 Å². The van der Waals surface area contributed by atoms with Gasteiger partial charge >= 0.3 is 0 Å². The number of rotatable bonds is 16. The lowest BCUT2D eigenvalue weighted by Crippen LogP contribution is -2.47. The van der Waals surface area contributed by atoms with Crippen LogP contribution in [-0.2, 0) is 28.5 Å². The van der Waals surface area contributed by atoms with Crippen LogP contribution in [0.15, 0.2) is 0 Å². The second kappa shape index (κ2) is 16.5. The summed E-state index contributed by atoms with van der Waals surface area (Å²) in [5.41, 5.74) is 0. The number of nitrogens with zero attached hydrogens (tertiary/aromatic N) is 2. The molecule has 1 fully saturated rings. The van der Waals surface area contributed by atoms with Crippen molar-refractivity contribution in [2.45, 2.75) is 31.7 Å². The Hall–Kier alpha value is -1.26. The van der Waals surface area contributed by atoms with Crippen molar-refractivity contribution in [1.82, 2.24) is 15.1 Å². The second-order valence-corrected chi connectivity index (χ2v) is 7.13. The fraction of sp³-hybridized carbons (Fsp3) is 0.900. The summed E-state index contributed by atoms with van der Waals surface area (Å²) in [6.07, 6.45) is 3.20. The van der Waals surface area contributed by atoms with E-state index in [2.05, 4.69) is 5.32 Å². The molecule has 1 atom stereocenters. The first kappa shape index (κ1) is 25.8. The Morgan fingerprint density at radius 3 is 2.52 bits per heavy atom. The number of carbonyl (C=O) groups is 2. The van der Waals surface area contributed by atoms with E-state index in [4.69, 9.17) is 18.9 Å². The molecule has 0 radical (unpaired) electrons. The Morgan fingerprint density at radius 1 is 1.03 bits per heavy atom. The number of hydrogen-bond donors (Lipinski definition) is 1. The lowest BCUT2D eigenvalue weighted by Gasteiger charge is -2.36. The molecule has 1 rings (SSSR count). The molecular formula is C20H39N3O6. The maximum Gasteiger partial charge on any atom is 0.248 e. The van der Waals surface area contributed by atoms with E-state index in [1.54, 1.807) is 19.1 Å². The van der Waals surface area contributed by atoms with Crippen LogP contribution in [0.4, 0.5) is 0 Å². The van der Waals surface area contributed by atoms with Gasteiger partial charge in [0.05, 0.1) is 39.6 Å². The molecule has 0 bridgehead atoms. The molecule has 1 aliphatic rings. The van der Waals surface area contributed by atoms with Crippen molar-refractivity contribution in [2.75, 3.05) is 87.1 Å². The predicted octanol–water partition coefficient (Wildman–Crippen LogP) is 0.132. The predicted molar refractivity (Wildman–Crippen MR) is 110 cm³/mol. The van der Waals surface area contributed by atoms with Gasteiger partial charge in [-0.15, -0.1) is 0 Å². The summed E-state index contributed by atoms with van der Waals surface area (Å²) in [5.74, 6) is -0.0168. The molecule has 9 heteroatoms. The number of ether oxygens (including phenoxy) is 4. The zero-order valence-electron chi connectivity index (χ0n) is 18.3. The van der Waals surface area contributed by atoms with Gasteiger partial charge in [-0.1, -0.05) is 0 Å². The number of carbonyl (C=O) groups excluding carboxylic acids is 2. The van der Waals surface area contributed by atoms with Crippen molar-refractivity contribution >= 4 is 11.8 Å². The number of amides is 2. The smallest absolute Gasteiger partial charge is 0.248 e. The summed E-state index contributed by atoms with van der Waals surface area (Å²) in [6.45, 7) is 5.03. The van der Waals surface area contributed by atoms with Crippen molar-refractivity contribution in [3.05, 3.63) is 0 Å². The first-order chi connectivity index (χ1) is 14.1. The average molecular weight is 418 g/mol. The van der Waals surface area contributed by atoms with Gasteiger partial charge in [-0.25, -0.2) is 0 Å². The first-order valence-electron chi connectivity index (χ1n) is 10.5. The van der Waals surface area contributed by atoms with Crippen LogP contribution in [0.1, 0.15) is 25.7 Å². The molecule has 29 heavy (non-hydrogen) atoms. The Balaban J connectivity index is 2.31. The average Bonchev–Trinajstić information content (AvgIpc) is 2.73. The molecular weight excluding hydrogens is 378 g/mol. The number of hydrogen-bond acceptors (Lipinski definition) is 7. The highest BCUT2D eigenvalue weighted by Gasteiger charge is 2.29. The third-order valence-electron chi connectivity index (χ3n) is 4.88. The molecule has 1 unspecified atom stereocenters. The summed E-state index contributed by atoms with van der Waals surface area (Å²) >= 11 is 0. The molecule has 2 amide bonds. The Bertz CT molecular complexity index is 452. The van der Waals surface area contributed by atoms with Crippen LogP contribution < -0.4 is 5.32 Å². The minimum Gasteiger partial charge on any atom is -0.382 e. The van der Waals surface area contributed by atoms with Crippen LogP contribution in [-0.4, -0.2) is 115 Å². The molecule has 1 aliphatic heterocycles. The largest absolute Gasteiger partial charge is 0.382 e. The van der Waals surface area contributed by atoms with Gasteiger partial charge in [0.15, 0.2) is 0 Å². The standard InChI is InChI=1S/C20H39N3O6/c1-21-7-10-27-11-9-22(2)19(24)16-18-6-4-5-8-23(18)20(25)17-29-15-14-28-13-12-26-3/h18,21H,4-17H2,1-3H3. The molecule has 0 aromatic rings. The van der Waals surface area contributed by atoms with Gasteiger partial charge in [0.2, 0.25) is 11.8 Å². The van der Waals surface area contributed by atoms with Crippen molar-refractivity contribution in [3.8, 4) is 0 Å². The highest BCUT2D eigenvalue weighted by atomic mass is 16.5. The van der Waals surface area contributed by atoms with E-state index in [1.165, 1.54) is 0 Å². The van der Waals surface area contributed by atoms with E-state index in [0.717, 1.165) is 25.8 Å². The van der Waals surface area contributed by atoms with Gasteiger partial charge in [0.25, 0.3) is 0 Å². The molecule has 1 N–H and O–H groups in total. The maximum absolute atomic E-state index is 12.6. The van der Waals surface area contributed by atoms with Crippen LogP contribution >= 0.6 is 0 Å². The number of piperidine rings is 1. The van der Waals surface area contributed by atoms with E-state index in [9.17, 15) is 9.59 Å². The van der Waals surface area contributed by atoms with Crippen LogP contribution in [0.5, 0.6) is 0 Å². The lowest BCUT2D eigenvalue weighted by atomic mass is 9.98. The number of nitrogens with one attached hydrogen (secondary N) is 1. The molecule has 1 saturated heterocycles. The highest BCUT2D eigenvalue weighted by Crippen LogP contribution is 2.20. The van der Waals surface area contributed by atoms with Crippen molar-refractivity contribution in [3.63, 3.8) is 0 Å². The number of likely N-dealkylation sites (N-methyl/N-ethyl adjacent to an activating group) is 2. The van der Waals surface area contributed by atoms with Crippen molar-refractivity contribution in [1.29, 1.82) is 0 Å². The molecule has 0 aliphatic carbocycles. The third-order valence-corrected chi connectivity index (χ3v) is 4.88. The molecule has 0 spiro atoms. The molecule has 1 heterocycles. The molecule has 0 aromatic heterocycles.